The third kappa shape index (κ3) is 4.36. The maximum absolute atomic E-state index is 12.3. The van der Waals surface area contributed by atoms with Crippen LogP contribution in [0.15, 0.2) is 18.2 Å². The van der Waals surface area contributed by atoms with Crippen LogP contribution in [0.1, 0.15) is 37.0 Å². The molecule has 0 bridgehead atoms. The van der Waals surface area contributed by atoms with Gasteiger partial charge in [-0.25, -0.2) is 0 Å². The van der Waals surface area contributed by atoms with Gasteiger partial charge in [-0.2, -0.15) is 0 Å². The van der Waals surface area contributed by atoms with Gasteiger partial charge in [0.1, 0.15) is 5.75 Å². The molecule has 1 aliphatic heterocycles. The van der Waals surface area contributed by atoms with E-state index >= 15 is 0 Å². The fourth-order valence-corrected chi connectivity index (χ4v) is 2.45. The zero-order valence-corrected chi connectivity index (χ0v) is 13.1. The van der Waals surface area contributed by atoms with Crippen molar-refractivity contribution in [3.8, 4) is 5.75 Å². The van der Waals surface area contributed by atoms with Crippen molar-refractivity contribution < 1.29 is 9.53 Å². The van der Waals surface area contributed by atoms with E-state index in [2.05, 4.69) is 17.3 Å². The number of nitrogen functional groups attached to an aromatic ring is 1. The fourth-order valence-electron chi connectivity index (χ4n) is 2.45. The normalized spacial score (nSPS) is 17.0. The molecule has 0 spiro atoms. The Bertz CT molecular complexity index is 494. The van der Waals surface area contributed by atoms with Gasteiger partial charge in [-0.3, -0.25) is 4.79 Å². The van der Waals surface area contributed by atoms with Gasteiger partial charge in [0.25, 0.3) is 5.91 Å². The monoisotopic (exact) mass is 291 g/mol. The highest BCUT2D eigenvalue weighted by Crippen LogP contribution is 2.24. The predicted molar refractivity (Wildman–Crippen MR) is 84.6 cm³/mol. The molecular weight excluding hydrogens is 266 g/mol. The largest absolute Gasteiger partial charge is 0.489 e. The Balaban J connectivity index is 2.02. The van der Waals surface area contributed by atoms with E-state index in [-0.39, 0.29) is 18.1 Å². The minimum Gasteiger partial charge on any atom is -0.489 e. The predicted octanol–water partition coefficient (Wildman–Crippen LogP) is 1.88. The van der Waals surface area contributed by atoms with Crippen LogP contribution >= 0.6 is 0 Å². The minimum atomic E-state index is -0.0573. The van der Waals surface area contributed by atoms with Gasteiger partial charge in [0.05, 0.1) is 11.8 Å². The molecule has 0 aromatic heterocycles. The second-order valence-corrected chi connectivity index (χ2v) is 5.97. The highest BCUT2D eigenvalue weighted by atomic mass is 16.5. The van der Waals surface area contributed by atoms with Crippen molar-refractivity contribution >= 4 is 11.6 Å². The first-order valence-electron chi connectivity index (χ1n) is 7.51. The molecule has 21 heavy (non-hydrogen) atoms. The average Bonchev–Trinajstić information content (AvgIpc) is 2.43. The van der Waals surface area contributed by atoms with E-state index in [9.17, 15) is 4.79 Å². The number of hydrogen-bond donors (Lipinski definition) is 2. The molecule has 2 rings (SSSR count). The van der Waals surface area contributed by atoms with Crippen LogP contribution in [0, 0.1) is 0 Å². The molecule has 0 aliphatic carbocycles. The van der Waals surface area contributed by atoms with Crippen molar-refractivity contribution in [3.05, 3.63) is 23.8 Å². The Morgan fingerprint density at radius 3 is 2.67 bits per heavy atom. The average molecular weight is 291 g/mol. The number of rotatable bonds is 4. The van der Waals surface area contributed by atoms with E-state index in [1.165, 1.54) is 0 Å². The lowest BCUT2D eigenvalue weighted by atomic mass is 10.0. The molecule has 1 aromatic rings. The first-order chi connectivity index (χ1) is 9.95. The van der Waals surface area contributed by atoms with Crippen LogP contribution in [0.25, 0.3) is 0 Å². The van der Waals surface area contributed by atoms with Crippen molar-refractivity contribution in [1.82, 2.24) is 10.2 Å². The molecule has 1 aromatic carbocycles. The highest BCUT2D eigenvalue weighted by Gasteiger charge is 2.19. The number of carbonyl (C=O) groups is 1. The summed E-state index contributed by atoms with van der Waals surface area (Å²) < 4.78 is 5.63. The summed E-state index contributed by atoms with van der Waals surface area (Å²) in [6.45, 7) is 5.91. The molecule has 0 atom stereocenters. The van der Waals surface area contributed by atoms with Crippen LogP contribution in [0.5, 0.6) is 5.75 Å². The van der Waals surface area contributed by atoms with Gasteiger partial charge in [0.15, 0.2) is 0 Å². The van der Waals surface area contributed by atoms with E-state index in [1.807, 2.05) is 13.8 Å². The van der Waals surface area contributed by atoms with E-state index in [0.29, 0.717) is 17.0 Å². The van der Waals surface area contributed by atoms with Crippen LogP contribution in [-0.2, 0) is 0 Å². The molecule has 0 unspecified atom stereocenters. The van der Waals surface area contributed by atoms with Crippen LogP contribution in [0.2, 0.25) is 0 Å². The second kappa shape index (κ2) is 6.80. The van der Waals surface area contributed by atoms with Crippen molar-refractivity contribution in [2.45, 2.75) is 38.8 Å². The number of likely N-dealkylation sites (tertiary alicyclic amines) is 1. The summed E-state index contributed by atoms with van der Waals surface area (Å²) in [5, 5.41) is 3.09. The molecule has 5 nitrogen and oxygen atoms in total. The van der Waals surface area contributed by atoms with E-state index in [4.69, 9.17) is 10.5 Å². The molecule has 5 heteroatoms. The standard InChI is InChI=1S/C16H25N3O2/c1-11(2)21-15-10-12(4-5-14(15)17)16(20)18-13-6-8-19(3)9-7-13/h4-5,10-11,13H,6-9,17H2,1-3H3,(H,18,20). The summed E-state index contributed by atoms with van der Waals surface area (Å²) in [4.78, 5) is 14.6. The molecule has 1 heterocycles. The number of hydrogen-bond acceptors (Lipinski definition) is 4. The van der Waals surface area contributed by atoms with E-state index in [1.54, 1.807) is 18.2 Å². The number of benzene rings is 1. The van der Waals surface area contributed by atoms with Gasteiger partial charge >= 0.3 is 0 Å². The number of amides is 1. The van der Waals surface area contributed by atoms with Crippen molar-refractivity contribution in [2.75, 3.05) is 25.9 Å². The Hall–Kier alpha value is -1.75. The third-order valence-electron chi connectivity index (χ3n) is 3.69. The number of piperidine rings is 1. The molecule has 116 valence electrons. The molecule has 1 saturated heterocycles. The van der Waals surface area contributed by atoms with Crippen LogP contribution in [0.3, 0.4) is 0 Å². The molecule has 3 N–H and O–H groups in total. The molecule has 1 aliphatic rings. The van der Waals surface area contributed by atoms with Crippen molar-refractivity contribution in [1.29, 1.82) is 0 Å². The molecular formula is C16H25N3O2. The van der Waals surface area contributed by atoms with Crippen LogP contribution in [0.4, 0.5) is 5.69 Å². The lowest BCUT2D eigenvalue weighted by Gasteiger charge is -2.29. The number of nitrogens with one attached hydrogen (secondary N) is 1. The Morgan fingerprint density at radius 1 is 1.38 bits per heavy atom. The van der Waals surface area contributed by atoms with Gasteiger partial charge in [-0.1, -0.05) is 0 Å². The molecule has 1 amide bonds. The minimum absolute atomic E-state index is 0.0273. The summed E-state index contributed by atoms with van der Waals surface area (Å²) >= 11 is 0. The lowest BCUT2D eigenvalue weighted by molar-refractivity contribution is 0.0916. The SMILES string of the molecule is CC(C)Oc1cc(C(=O)NC2CCN(C)CC2)ccc1N. The third-order valence-corrected chi connectivity index (χ3v) is 3.69. The van der Waals surface area contributed by atoms with Gasteiger partial charge in [-0.05, 0) is 65.0 Å². The summed E-state index contributed by atoms with van der Waals surface area (Å²) in [7, 11) is 2.10. The smallest absolute Gasteiger partial charge is 0.251 e. The van der Waals surface area contributed by atoms with Crippen molar-refractivity contribution in [3.63, 3.8) is 0 Å². The fraction of sp³-hybridized carbons (Fsp3) is 0.562. The lowest BCUT2D eigenvalue weighted by Crippen LogP contribution is -2.43. The number of anilines is 1. The van der Waals surface area contributed by atoms with Gasteiger partial charge in [0, 0.05) is 11.6 Å². The van der Waals surface area contributed by atoms with E-state index < -0.39 is 0 Å². The van der Waals surface area contributed by atoms with Gasteiger partial charge in [-0.15, -0.1) is 0 Å². The Kier molecular flexibility index (Phi) is 5.07. The highest BCUT2D eigenvalue weighted by molar-refractivity contribution is 5.95. The van der Waals surface area contributed by atoms with Crippen LogP contribution < -0.4 is 15.8 Å². The molecule has 0 saturated carbocycles. The number of nitrogens with zero attached hydrogens (tertiary/aromatic N) is 1. The van der Waals surface area contributed by atoms with Crippen LogP contribution in [-0.4, -0.2) is 43.1 Å². The molecule has 1 fully saturated rings. The molecule has 0 radical (unpaired) electrons. The van der Waals surface area contributed by atoms with Gasteiger partial charge in [0.2, 0.25) is 0 Å². The first-order valence-corrected chi connectivity index (χ1v) is 7.51. The summed E-state index contributed by atoms with van der Waals surface area (Å²) in [5.41, 5.74) is 7.03. The second-order valence-electron chi connectivity index (χ2n) is 5.97. The maximum atomic E-state index is 12.3. The Morgan fingerprint density at radius 2 is 2.05 bits per heavy atom. The Labute approximate surface area is 126 Å². The number of carbonyl (C=O) groups excluding carboxylic acids is 1. The number of ether oxygens (including phenoxy) is 1. The van der Waals surface area contributed by atoms with E-state index in [0.717, 1.165) is 25.9 Å². The van der Waals surface area contributed by atoms with Gasteiger partial charge < -0.3 is 20.7 Å². The summed E-state index contributed by atoms with van der Waals surface area (Å²) in [5.74, 6) is 0.513. The van der Waals surface area contributed by atoms with Crippen molar-refractivity contribution in [2.24, 2.45) is 0 Å². The zero-order chi connectivity index (χ0) is 15.4. The first kappa shape index (κ1) is 15.6. The number of nitrogens with two attached hydrogens (primary N) is 1. The summed E-state index contributed by atoms with van der Waals surface area (Å²) in [6.07, 6.45) is 2.01. The quantitative estimate of drug-likeness (QED) is 0.831. The topological polar surface area (TPSA) is 67.6 Å². The zero-order valence-electron chi connectivity index (χ0n) is 13.1. The maximum Gasteiger partial charge on any atom is 0.251 e. The summed E-state index contributed by atoms with van der Waals surface area (Å²) in [6, 6.07) is 5.44.